The third-order valence-corrected chi connectivity index (χ3v) is 5.95. The smallest absolute Gasteiger partial charge is 0.255 e. The third kappa shape index (κ3) is 5.69. The van der Waals surface area contributed by atoms with E-state index >= 15 is 0 Å². The van der Waals surface area contributed by atoms with Gasteiger partial charge in [0.2, 0.25) is 0 Å². The van der Waals surface area contributed by atoms with E-state index in [0.29, 0.717) is 23.2 Å². The van der Waals surface area contributed by atoms with Gasteiger partial charge in [-0.2, -0.15) is 5.26 Å². The molecule has 0 fully saturated rings. The zero-order valence-electron chi connectivity index (χ0n) is 18.1. The number of carbonyl (C=O) groups excluding carboxylic acids is 1. The topological polar surface area (TPSA) is 78.9 Å². The summed E-state index contributed by atoms with van der Waals surface area (Å²) in [6.45, 7) is 6.46. The van der Waals surface area contributed by atoms with E-state index in [2.05, 4.69) is 44.1 Å². The van der Waals surface area contributed by atoms with Crippen LogP contribution in [-0.2, 0) is 11.8 Å². The van der Waals surface area contributed by atoms with E-state index in [0.717, 1.165) is 16.0 Å². The maximum atomic E-state index is 13.2. The van der Waals surface area contributed by atoms with Gasteiger partial charge >= 0.3 is 0 Å². The van der Waals surface area contributed by atoms with Crippen molar-refractivity contribution in [3.05, 3.63) is 94.5 Å². The molecule has 1 unspecified atom stereocenters. The summed E-state index contributed by atoms with van der Waals surface area (Å²) in [4.78, 5) is 14.1. The van der Waals surface area contributed by atoms with Crippen LogP contribution in [0.3, 0.4) is 0 Å². The van der Waals surface area contributed by atoms with Gasteiger partial charge in [-0.3, -0.25) is 9.93 Å². The van der Waals surface area contributed by atoms with E-state index in [1.807, 2.05) is 48.5 Å². The lowest BCUT2D eigenvalue weighted by atomic mass is 9.84. The molecule has 0 bridgehead atoms. The van der Waals surface area contributed by atoms with Crippen LogP contribution in [0, 0.1) is 11.3 Å². The Morgan fingerprint density at radius 1 is 1.10 bits per heavy atom. The lowest BCUT2D eigenvalue weighted by Gasteiger charge is -2.21. The van der Waals surface area contributed by atoms with E-state index in [1.54, 1.807) is 12.1 Å². The number of carbonyl (C=O) groups is 1. The van der Waals surface area contributed by atoms with Crippen molar-refractivity contribution in [2.75, 3.05) is 5.32 Å². The van der Waals surface area contributed by atoms with Gasteiger partial charge in [0, 0.05) is 16.1 Å². The first-order chi connectivity index (χ1) is 14.7. The van der Waals surface area contributed by atoms with Gasteiger partial charge < -0.3 is 5.32 Å². The fourth-order valence-corrected chi connectivity index (χ4v) is 3.81. The quantitative estimate of drug-likeness (QED) is 0.516. The van der Waals surface area contributed by atoms with Gasteiger partial charge in [0.1, 0.15) is 0 Å². The molecule has 0 aromatic heterocycles. The second-order valence-electron chi connectivity index (χ2n) is 8.52. The van der Waals surface area contributed by atoms with Crippen LogP contribution in [0.4, 0.5) is 5.69 Å². The summed E-state index contributed by atoms with van der Waals surface area (Å²) >= 11 is 0. The van der Waals surface area contributed by atoms with Crippen molar-refractivity contribution in [2.45, 2.75) is 37.5 Å². The highest BCUT2D eigenvalue weighted by molar-refractivity contribution is 8.12. The van der Waals surface area contributed by atoms with Crippen molar-refractivity contribution >= 4 is 28.1 Å². The fourth-order valence-electron chi connectivity index (χ4n) is 3.28. The first-order valence-corrected chi connectivity index (χ1v) is 11.5. The first-order valence-electron chi connectivity index (χ1n) is 9.99. The van der Waals surface area contributed by atoms with Gasteiger partial charge in [-0.05, 0) is 64.9 Å². The molecule has 1 atom stereocenters. The highest BCUT2D eigenvalue weighted by Gasteiger charge is 2.19. The molecule has 4 nitrogen and oxygen atoms in total. The summed E-state index contributed by atoms with van der Waals surface area (Å²) in [5, 5.41) is 17.9. The molecule has 0 saturated carbocycles. The molecule has 0 saturated heterocycles. The molecule has 3 aromatic rings. The third-order valence-electron chi connectivity index (χ3n) is 5.09. The first kappa shape index (κ1) is 22.5. The van der Waals surface area contributed by atoms with Crippen molar-refractivity contribution in [3.8, 4) is 6.07 Å². The number of nitrogens with zero attached hydrogens (tertiary/aromatic N) is 1. The Bertz CT molecular complexity index is 1170. The Morgan fingerprint density at radius 3 is 2.42 bits per heavy atom. The number of benzene rings is 3. The van der Waals surface area contributed by atoms with E-state index in [9.17, 15) is 4.79 Å². The Labute approximate surface area is 186 Å². The maximum Gasteiger partial charge on any atom is 0.255 e. The molecule has 0 aliphatic carbocycles. The minimum Gasteiger partial charge on any atom is -0.322 e. The van der Waals surface area contributed by atoms with Crippen molar-refractivity contribution in [1.29, 1.82) is 5.26 Å². The fraction of sp³-hybridized carbons (Fsp3) is 0.192. The van der Waals surface area contributed by atoms with Crippen LogP contribution in [0.15, 0.2) is 71.6 Å². The number of rotatable bonds is 5. The SMILES string of the molecule is C=S(N)c1cccc(NC(=O)c2ccc(C(C)(C)C)cc2Cc2ccc(C#N)cc2)c1. The van der Waals surface area contributed by atoms with Crippen LogP contribution in [-0.4, -0.2) is 11.8 Å². The monoisotopic (exact) mass is 429 g/mol. The summed E-state index contributed by atoms with van der Waals surface area (Å²) in [6.07, 6.45) is 0.601. The molecular formula is C26H27N3OS. The average molecular weight is 430 g/mol. The van der Waals surface area contributed by atoms with E-state index < -0.39 is 10.7 Å². The number of nitrogens with one attached hydrogen (secondary N) is 1. The molecule has 3 rings (SSSR count). The molecule has 3 aromatic carbocycles. The lowest BCUT2D eigenvalue weighted by Crippen LogP contribution is -2.17. The zero-order valence-corrected chi connectivity index (χ0v) is 18.9. The molecule has 31 heavy (non-hydrogen) atoms. The standard InChI is InChI=1S/C26H27N3OS/c1-26(2,3)21-12-13-24(20(15-21)14-18-8-10-19(17-27)11-9-18)25(30)29-22-6-5-7-23(16-22)31(4)28/h5-13,15-16H,4,14,28H2,1-3H3,(H,29,30). The Kier molecular flexibility index (Phi) is 6.74. The summed E-state index contributed by atoms with van der Waals surface area (Å²) in [5.41, 5.74) is 5.07. The lowest BCUT2D eigenvalue weighted by molar-refractivity contribution is 0.102. The van der Waals surface area contributed by atoms with Gasteiger partial charge in [-0.15, -0.1) is 0 Å². The van der Waals surface area contributed by atoms with Crippen LogP contribution < -0.4 is 10.5 Å². The van der Waals surface area contributed by atoms with Crippen LogP contribution >= 0.6 is 10.7 Å². The molecular weight excluding hydrogens is 402 g/mol. The molecule has 0 heterocycles. The molecule has 0 aliphatic heterocycles. The van der Waals surface area contributed by atoms with Crippen LogP contribution in [0.2, 0.25) is 0 Å². The van der Waals surface area contributed by atoms with Crippen LogP contribution in [0.5, 0.6) is 0 Å². The Morgan fingerprint density at radius 2 is 1.81 bits per heavy atom. The maximum absolute atomic E-state index is 13.2. The number of hydrogen-bond donors (Lipinski definition) is 2. The van der Waals surface area contributed by atoms with E-state index in [-0.39, 0.29) is 11.3 Å². The minimum absolute atomic E-state index is 0.0338. The number of nitriles is 1. The molecule has 1 amide bonds. The summed E-state index contributed by atoms with van der Waals surface area (Å²) in [6, 6.07) is 23.1. The van der Waals surface area contributed by atoms with E-state index in [1.165, 1.54) is 5.56 Å². The second kappa shape index (κ2) is 9.30. The largest absolute Gasteiger partial charge is 0.322 e. The number of hydrogen-bond acceptors (Lipinski definition) is 3. The minimum atomic E-state index is -0.620. The van der Waals surface area contributed by atoms with Crippen molar-refractivity contribution < 1.29 is 4.79 Å². The summed E-state index contributed by atoms with van der Waals surface area (Å²) in [5.74, 6) is 3.70. The predicted octanol–water partition coefficient (Wildman–Crippen LogP) is 5.63. The van der Waals surface area contributed by atoms with Gasteiger partial charge in [0.15, 0.2) is 0 Å². The summed E-state index contributed by atoms with van der Waals surface area (Å²) < 4.78 is 0. The van der Waals surface area contributed by atoms with E-state index in [4.69, 9.17) is 10.4 Å². The van der Waals surface area contributed by atoms with Gasteiger partial charge in [0.05, 0.1) is 11.6 Å². The van der Waals surface area contributed by atoms with Crippen LogP contribution in [0.1, 0.15) is 53.4 Å². The average Bonchev–Trinajstić information content (AvgIpc) is 2.73. The predicted molar refractivity (Wildman–Crippen MR) is 131 cm³/mol. The molecule has 0 aliphatic rings. The number of anilines is 1. The second-order valence-corrected chi connectivity index (χ2v) is 9.85. The molecule has 5 heteroatoms. The number of amides is 1. The van der Waals surface area contributed by atoms with Gasteiger partial charge in [-0.25, -0.2) is 0 Å². The van der Waals surface area contributed by atoms with Crippen LogP contribution in [0.25, 0.3) is 0 Å². The Hall–Kier alpha value is -3.20. The zero-order chi connectivity index (χ0) is 22.6. The van der Waals surface area contributed by atoms with Gasteiger partial charge in [-0.1, -0.05) is 67.6 Å². The highest BCUT2D eigenvalue weighted by Crippen LogP contribution is 2.27. The van der Waals surface area contributed by atoms with Crippen molar-refractivity contribution in [2.24, 2.45) is 5.14 Å². The highest BCUT2D eigenvalue weighted by atomic mass is 32.2. The Balaban J connectivity index is 1.96. The molecule has 0 radical (unpaired) electrons. The number of nitrogens with two attached hydrogens (primary N) is 1. The summed E-state index contributed by atoms with van der Waals surface area (Å²) in [7, 11) is -0.620. The van der Waals surface area contributed by atoms with Crippen molar-refractivity contribution in [1.82, 2.24) is 0 Å². The molecule has 3 N–H and O–H groups in total. The molecule has 0 spiro atoms. The normalized spacial score (nSPS) is 12.1. The van der Waals surface area contributed by atoms with Gasteiger partial charge in [0.25, 0.3) is 5.91 Å². The molecule has 158 valence electrons. The van der Waals surface area contributed by atoms with Crippen molar-refractivity contribution in [3.63, 3.8) is 0 Å².